The van der Waals surface area contributed by atoms with Crippen molar-refractivity contribution >= 4 is 23.6 Å². The van der Waals surface area contributed by atoms with Gasteiger partial charge in [-0.25, -0.2) is 11.6 Å². The molecule has 0 aromatic heterocycles. The highest BCUT2D eigenvalue weighted by atomic mass is 32.2. The zero-order valence-electron chi connectivity index (χ0n) is 9.22. The molecule has 0 saturated carbocycles. The summed E-state index contributed by atoms with van der Waals surface area (Å²) >= 11 is 1.75. The lowest BCUT2D eigenvalue weighted by Crippen LogP contribution is -2.14. The Hall–Kier alpha value is -0.365. The van der Waals surface area contributed by atoms with Crippen LogP contribution in [0, 0.1) is 13.8 Å². The van der Waals surface area contributed by atoms with Crippen LogP contribution < -0.4 is 5.46 Å². The quantitative estimate of drug-likeness (QED) is 0.650. The molecule has 0 aliphatic carbocycles. The van der Waals surface area contributed by atoms with Crippen LogP contribution >= 0.6 is 11.6 Å². The third-order valence-corrected chi connectivity index (χ3v) is 2.16. The lowest BCUT2D eigenvalue weighted by atomic mass is 9.89. The third-order valence-electron chi connectivity index (χ3n) is 1.67. The van der Waals surface area contributed by atoms with Crippen LogP contribution in [0.3, 0.4) is 0 Å². The number of rotatable bonds is 2. The van der Waals surface area contributed by atoms with Crippen LogP contribution in [0.2, 0.25) is 0 Å². The molecule has 0 N–H and O–H groups in total. The van der Waals surface area contributed by atoms with Crippen LogP contribution in [0.15, 0.2) is 18.2 Å². The number of benzene rings is 1. The highest BCUT2D eigenvalue weighted by Crippen LogP contribution is 2.01. The largest absolute Gasteiger partial charge is 0.229 e. The molecule has 0 amide bonds. The topological polar surface area (TPSA) is 0 Å². The summed E-state index contributed by atoms with van der Waals surface area (Å²) in [6.07, 6.45) is 2.08. The Bertz CT molecular complexity index is 246. The molecule has 1 rings (SSSR count). The third kappa shape index (κ3) is 4.42. The van der Waals surface area contributed by atoms with Gasteiger partial charge in [-0.1, -0.05) is 48.6 Å². The molecule has 0 heterocycles. The highest BCUT2D eigenvalue weighted by Gasteiger charge is 1.97. The van der Waals surface area contributed by atoms with E-state index in [0.717, 1.165) is 0 Å². The van der Waals surface area contributed by atoms with Gasteiger partial charge in [0, 0.05) is 0 Å². The molecule has 1 aromatic carbocycles. The van der Waals surface area contributed by atoms with Crippen LogP contribution in [0.25, 0.3) is 0 Å². The molecule has 0 bridgehead atoms. The number of hydrogen-bond donors (Lipinski definition) is 0. The van der Waals surface area contributed by atoms with Gasteiger partial charge in [-0.15, -0.1) is 0 Å². The lowest BCUT2D eigenvalue weighted by molar-refractivity contribution is 1.41. The Balaban J connectivity index is 0.000000671. The molecule has 0 aliphatic rings. The Morgan fingerprint density at radius 2 is 1.77 bits per heavy atom. The summed E-state index contributed by atoms with van der Waals surface area (Å²) < 4.78 is 0. The zero-order chi connectivity index (χ0) is 10.3. The summed E-state index contributed by atoms with van der Waals surface area (Å²) in [6, 6.07) is 6.53. The van der Waals surface area contributed by atoms with E-state index < -0.39 is 0 Å². The molecular weight excluding hydrogens is 175 g/mol. The van der Waals surface area contributed by atoms with Crippen molar-refractivity contribution in [1.82, 2.24) is 0 Å². The zero-order valence-corrected chi connectivity index (χ0v) is 10.0. The first-order chi connectivity index (χ1) is 6.24. The van der Waals surface area contributed by atoms with E-state index >= 15 is 0 Å². The van der Waals surface area contributed by atoms with Gasteiger partial charge in [-0.3, -0.25) is 0 Å². The molecule has 1 aromatic rings. The maximum Gasteiger partial charge on any atom is 0.229 e. The van der Waals surface area contributed by atoms with Gasteiger partial charge in [-0.2, -0.15) is 0 Å². The molecule has 0 atom stereocenters. The van der Waals surface area contributed by atoms with E-state index in [2.05, 4.69) is 44.9 Å². The van der Waals surface area contributed by atoms with Crippen molar-refractivity contribution in [3.8, 4) is 0 Å². The van der Waals surface area contributed by atoms with Gasteiger partial charge in [0.2, 0.25) is 6.56 Å². The van der Waals surface area contributed by atoms with Crippen molar-refractivity contribution in [2.75, 3.05) is 6.26 Å². The lowest BCUT2D eigenvalue weighted by Gasteiger charge is -2.02. The van der Waals surface area contributed by atoms with Crippen molar-refractivity contribution < 1.29 is 0 Å². The maximum absolute atomic E-state index is 2.21. The minimum Gasteiger partial charge on any atom is -0.215 e. The van der Waals surface area contributed by atoms with Crippen molar-refractivity contribution in [1.29, 1.82) is 0 Å². The van der Waals surface area contributed by atoms with E-state index in [1.807, 2.05) is 13.8 Å². The Labute approximate surface area is 87.3 Å². The SMILES string of the molecule is CC.CS[B]c1ccc(C)cc1C. The highest BCUT2D eigenvalue weighted by molar-refractivity contribution is 8.23. The van der Waals surface area contributed by atoms with Gasteiger partial charge in [0.1, 0.15) is 0 Å². The summed E-state index contributed by atoms with van der Waals surface area (Å²) in [4.78, 5) is 0. The van der Waals surface area contributed by atoms with E-state index in [0.29, 0.717) is 0 Å². The van der Waals surface area contributed by atoms with Crippen LogP contribution in [-0.4, -0.2) is 12.8 Å². The molecule has 0 nitrogen and oxygen atoms in total. The Kier molecular flexibility index (Phi) is 6.88. The summed E-state index contributed by atoms with van der Waals surface area (Å²) in [5, 5.41) is 0. The summed E-state index contributed by atoms with van der Waals surface area (Å²) in [5.74, 6) is 0. The maximum atomic E-state index is 2.21. The fraction of sp³-hybridized carbons (Fsp3) is 0.455. The summed E-state index contributed by atoms with van der Waals surface area (Å²) in [6.45, 7) is 10.4. The molecule has 0 spiro atoms. The summed E-state index contributed by atoms with van der Waals surface area (Å²) in [5.41, 5.74) is 4.03. The fourth-order valence-corrected chi connectivity index (χ4v) is 1.60. The number of aryl methyl sites for hydroxylation is 2. The van der Waals surface area contributed by atoms with E-state index in [1.165, 1.54) is 16.6 Å². The average Bonchev–Trinajstić information content (AvgIpc) is 2.14. The normalized spacial score (nSPS) is 8.69. The standard InChI is InChI=1S/C9H12BS.C2H6/c1-7-4-5-9(10-11-3)8(2)6-7;1-2/h4-6H,1-3H3;1-2H3. The molecular formula is C11H18BS. The molecule has 13 heavy (non-hydrogen) atoms. The van der Waals surface area contributed by atoms with E-state index in [1.54, 1.807) is 11.6 Å². The second kappa shape index (κ2) is 7.08. The van der Waals surface area contributed by atoms with Crippen molar-refractivity contribution in [3.05, 3.63) is 29.3 Å². The fourth-order valence-electron chi connectivity index (χ4n) is 1.08. The van der Waals surface area contributed by atoms with Crippen LogP contribution in [0.1, 0.15) is 25.0 Å². The molecule has 1 radical (unpaired) electrons. The Morgan fingerprint density at radius 1 is 1.15 bits per heavy atom. The van der Waals surface area contributed by atoms with Gasteiger partial charge < -0.3 is 0 Å². The predicted octanol–water partition coefficient (Wildman–Crippen LogP) is 2.94. The van der Waals surface area contributed by atoms with Crippen LogP contribution in [0.4, 0.5) is 0 Å². The average molecular weight is 193 g/mol. The van der Waals surface area contributed by atoms with Gasteiger partial charge in [-0.05, 0) is 20.1 Å². The first-order valence-electron chi connectivity index (χ1n) is 4.67. The molecule has 71 valence electrons. The van der Waals surface area contributed by atoms with E-state index in [9.17, 15) is 0 Å². The predicted molar refractivity (Wildman–Crippen MR) is 66.2 cm³/mol. The van der Waals surface area contributed by atoms with Gasteiger partial charge in [0.25, 0.3) is 0 Å². The first-order valence-corrected chi connectivity index (χ1v) is 5.96. The van der Waals surface area contributed by atoms with Crippen LogP contribution in [0.5, 0.6) is 0 Å². The summed E-state index contributed by atoms with van der Waals surface area (Å²) in [7, 11) is 0. The minimum absolute atomic E-state index is 1.33. The second-order valence-corrected chi connectivity index (χ2v) is 3.42. The number of hydrogen-bond acceptors (Lipinski definition) is 1. The van der Waals surface area contributed by atoms with Crippen molar-refractivity contribution in [3.63, 3.8) is 0 Å². The molecule has 0 aliphatic heterocycles. The van der Waals surface area contributed by atoms with E-state index in [4.69, 9.17) is 0 Å². The van der Waals surface area contributed by atoms with Gasteiger partial charge >= 0.3 is 0 Å². The van der Waals surface area contributed by atoms with Crippen molar-refractivity contribution in [2.24, 2.45) is 0 Å². The molecule has 0 fully saturated rings. The smallest absolute Gasteiger partial charge is 0.215 e. The van der Waals surface area contributed by atoms with E-state index in [-0.39, 0.29) is 0 Å². The molecule has 0 unspecified atom stereocenters. The molecule has 0 saturated heterocycles. The van der Waals surface area contributed by atoms with Gasteiger partial charge in [0.15, 0.2) is 0 Å². The monoisotopic (exact) mass is 193 g/mol. The van der Waals surface area contributed by atoms with Crippen LogP contribution in [-0.2, 0) is 0 Å². The molecule has 2 heteroatoms. The van der Waals surface area contributed by atoms with Crippen molar-refractivity contribution in [2.45, 2.75) is 27.7 Å². The Morgan fingerprint density at radius 3 is 2.23 bits per heavy atom. The van der Waals surface area contributed by atoms with Gasteiger partial charge in [0.05, 0.1) is 0 Å². The first kappa shape index (κ1) is 12.6. The second-order valence-electron chi connectivity index (χ2n) is 2.71. The minimum atomic E-state index is 1.33.